The van der Waals surface area contributed by atoms with Gasteiger partial charge >= 0.3 is 18.2 Å². The molecule has 3 unspecified atom stereocenters. The molecule has 0 bridgehead atoms. The average molecular weight is 647 g/mol. The molecule has 4 aromatic rings. The topological polar surface area (TPSA) is 144 Å². The SMILES string of the molecule is CCOC(=O)C(F)c1nc2ccccc2n1C(=O)OC(C)(C)C.CCOC(O)C(F)c1nc2ccccc2n1C(=O)OC(C)(C)C. The summed E-state index contributed by atoms with van der Waals surface area (Å²) in [4.78, 5) is 44.7. The standard InChI is InChI=1S/C16H21FN2O4.C16H19FN2O4/c2*1-5-22-14(20)12(17)13-18-10-8-6-7-9-11(10)19(13)15(21)23-16(2,3)4/h6-9,12,14,20H,5H2,1-4H3;6-9,12H,5H2,1-4H3. The smallest absolute Gasteiger partial charge is 0.420 e. The predicted molar refractivity (Wildman–Crippen MR) is 165 cm³/mol. The fourth-order valence-corrected chi connectivity index (χ4v) is 4.15. The van der Waals surface area contributed by atoms with E-state index in [4.69, 9.17) is 14.2 Å². The molecule has 3 atom stereocenters. The van der Waals surface area contributed by atoms with Crippen molar-refractivity contribution in [3.8, 4) is 0 Å². The van der Waals surface area contributed by atoms with Gasteiger partial charge in [-0.25, -0.2) is 42.3 Å². The van der Waals surface area contributed by atoms with Crippen LogP contribution in [0.15, 0.2) is 48.5 Å². The van der Waals surface area contributed by atoms with E-state index in [0.717, 1.165) is 9.13 Å². The normalized spacial score (nSPS) is 13.8. The van der Waals surface area contributed by atoms with Crippen molar-refractivity contribution in [1.29, 1.82) is 0 Å². The van der Waals surface area contributed by atoms with Crippen molar-refractivity contribution >= 4 is 40.2 Å². The van der Waals surface area contributed by atoms with Crippen LogP contribution in [-0.4, -0.2) is 73.1 Å². The number of halogens is 2. The molecule has 0 spiro atoms. The first-order chi connectivity index (χ1) is 21.5. The lowest BCUT2D eigenvalue weighted by molar-refractivity contribution is -0.149. The molecule has 1 N–H and O–H groups in total. The molecule has 0 amide bonds. The third-order valence-corrected chi connectivity index (χ3v) is 5.88. The zero-order valence-corrected chi connectivity index (χ0v) is 27.1. The van der Waals surface area contributed by atoms with E-state index in [-0.39, 0.29) is 24.9 Å². The number of hydrogen-bond donors (Lipinski definition) is 1. The predicted octanol–water partition coefficient (Wildman–Crippen LogP) is 6.58. The highest BCUT2D eigenvalue weighted by atomic mass is 19.1. The number of rotatable bonds is 7. The second-order valence-corrected chi connectivity index (χ2v) is 11.9. The lowest BCUT2D eigenvalue weighted by Gasteiger charge is -2.21. The Balaban J connectivity index is 0.000000250. The Morgan fingerprint density at radius 2 is 1.20 bits per heavy atom. The van der Waals surface area contributed by atoms with E-state index in [1.54, 1.807) is 104 Å². The molecular formula is C32H40F2N4O8. The van der Waals surface area contributed by atoms with Gasteiger partial charge in [-0.3, -0.25) is 0 Å². The Labute approximate surface area is 265 Å². The van der Waals surface area contributed by atoms with Crippen molar-refractivity contribution in [3.63, 3.8) is 0 Å². The van der Waals surface area contributed by atoms with Gasteiger partial charge in [0.15, 0.2) is 17.9 Å². The van der Waals surface area contributed by atoms with E-state index < -0.39 is 48.0 Å². The van der Waals surface area contributed by atoms with Crippen LogP contribution in [0.5, 0.6) is 0 Å². The summed E-state index contributed by atoms with van der Waals surface area (Å²) in [6, 6.07) is 13.3. The number of carbonyl (C=O) groups excluding carboxylic acids is 3. The largest absolute Gasteiger partial charge is 0.463 e. The van der Waals surface area contributed by atoms with Gasteiger partial charge in [0.2, 0.25) is 6.17 Å². The number of carbonyl (C=O) groups is 3. The Morgan fingerprint density at radius 3 is 1.63 bits per heavy atom. The average Bonchev–Trinajstić information content (AvgIpc) is 3.54. The maximum atomic E-state index is 14.5. The van der Waals surface area contributed by atoms with Crippen LogP contribution in [0.4, 0.5) is 18.4 Å². The Kier molecular flexibility index (Phi) is 11.6. The Hall–Kier alpha value is -4.43. The summed E-state index contributed by atoms with van der Waals surface area (Å²) in [5.41, 5.74) is 0.0753. The van der Waals surface area contributed by atoms with Gasteiger partial charge in [-0.15, -0.1) is 0 Å². The molecule has 0 aliphatic heterocycles. The second-order valence-electron chi connectivity index (χ2n) is 11.9. The summed E-state index contributed by atoms with van der Waals surface area (Å²) < 4.78 is 51.1. The number of alkyl halides is 2. The molecule has 2 aromatic heterocycles. The van der Waals surface area contributed by atoms with E-state index in [9.17, 15) is 28.3 Å². The molecule has 46 heavy (non-hydrogen) atoms. The van der Waals surface area contributed by atoms with Crippen molar-refractivity contribution in [2.75, 3.05) is 13.2 Å². The zero-order valence-electron chi connectivity index (χ0n) is 27.1. The highest BCUT2D eigenvalue weighted by molar-refractivity contribution is 5.90. The molecule has 0 aliphatic carbocycles. The quantitative estimate of drug-likeness (QED) is 0.133. The van der Waals surface area contributed by atoms with Crippen LogP contribution in [-0.2, 0) is 23.7 Å². The van der Waals surface area contributed by atoms with Gasteiger partial charge in [-0.05, 0) is 79.7 Å². The lowest BCUT2D eigenvalue weighted by Crippen LogP contribution is -2.30. The number of nitrogens with zero attached hydrogens (tertiary/aromatic N) is 4. The van der Waals surface area contributed by atoms with Gasteiger partial charge < -0.3 is 24.1 Å². The van der Waals surface area contributed by atoms with Gasteiger partial charge in [0.25, 0.3) is 6.17 Å². The molecule has 0 fully saturated rings. The van der Waals surface area contributed by atoms with Crippen LogP contribution in [0.1, 0.15) is 79.4 Å². The monoisotopic (exact) mass is 646 g/mol. The van der Waals surface area contributed by atoms with Crippen molar-refractivity contribution in [3.05, 3.63) is 60.2 Å². The fourth-order valence-electron chi connectivity index (χ4n) is 4.15. The highest BCUT2D eigenvalue weighted by Gasteiger charge is 2.33. The molecule has 2 aromatic carbocycles. The molecule has 0 saturated carbocycles. The molecule has 0 saturated heterocycles. The van der Waals surface area contributed by atoms with E-state index >= 15 is 0 Å². The van der Waals surface area contributed by atoms with Gasteiger partial charge in [0.1, 0.15) is 11.2 Å². The number of esters is 1. The maximum absolute atomic E-state index is 14.5. The minimum Gasteiger partial charge on any atom is -0.463 e. The number of benzene rings is 2. The summed E-state index contributed by atoms with van der Waals surface area (Å²) in [7, 11) is 0. The van der Waals surface area contributed by atoms with Crippen LogP contribution in [0, 0.1) is 0 Å². The molecule has 2 heterocycles. The van der Waals surface area contributed by atoms with Gasteiger partial charge in [-0.2, -0.15) is 0 Å². The van der Waals surface area contributed by atoms with E-state index in [2.05, 4.69) is 14.7 Å². The fraction of sp³-hybridized carbons (Fsp3) is 0.469. The first-order valence-corrected chi connectivity index (χ1v) is 14.6. The van der Waals surface area contributed by atoms with Crippen molar-refractivity contribution < 1.29 is 47.2 Å². The van der Waals surface area contributed by atoms with E-state index in [1.807, 2.05) is 0 Å². The molecule has 0 aliphatic rings. The molecular weight excluding hydrogens is 606 g/mol. The molecule has 12 nitrogen and oxygen atoms in total. The molecule has 0 radical (unpaired) electrons. The summed E-state index contributed by atoms with van der Waals surface area (Å²) in [5.74, 6) is -1.69. The first kappa shape index (κ1) is 36.0. The van der Waals surface area contributed by atoms with Crippen LogP contribution in [0.2, 0.25) is 0 Å². The number of hydrogen-bond acceptors (Lipinski definition) is 10. The number of aromatic nitrogens is 4. The number of ether oxygens (including phenoxy) is 4. The van der Waals surface area contributed by atoms with Gasteiger partial charge in [0, 0.05) is 6.61 Å². The minimum absolute atomic E-state index is 0.0337. The van der Waals surface area contributed by atoms with Gasteiger partial charge in [0.05, 0.1) is 28.7 Å². The highest BCUT2D eigenvalue weighted by Crippen LogP contribution is 2.28. The minimum atomic E-state index is -2.17. The van der Waals surface area contributed by atoms with Crippen LogP contribution in [0.3, 0.4) is 0 Å². The molecule has 250 valence electrons. The Bertz CT molecular complexity index is 1670. The van der Waals surface area contributed by atoms with Crippen LogP contribution < -0.4 is 0 Å². The third-order valence-electron chi connectivity index (χ3n) is 5.88. The number of imidazole rings is 2. The van der Waals surface area contributed by atoms with Gasteiger partial charge in [-0.1, -0.05) is 24.3 Å². The summed E-state index contributed by atoms with van der Waals surface area (Å²) in [6.45, 7) is 13.6. The zero-order chi connectivity index (χ0) is 34.4. The maximum Gasteiger partial charge on any atom is 0.420 e. The second kappa shape index (κ2) is 14.8. The number of aliphatic hydroxyl groups is 1. The van der Waals surface area contributed by atoms with E-state index in [0.29, 0.717) is 22.1 Å². The molecule has 4 rings (SSSR count). The molecule has 14 heteroatoms. The third kappa shape index (κ3) is 8.85. The number of aliphatic hydroxyl groups excluding tert-OH is 1. The van der Waals surface area contributed by atoms with Crippen LogP contribution in [0.25, 0.3) is 22.1 Å². The number of fused-ring (bicyclic) bond motifs is 2. The lowest BCUT2D eigenvalue weighted by atomic mass is 10.2. The number of para-hydroxylation sites is 4. The van der Waals surface area contributed by atoms with Crippen molar-refractivity contribution in [1.82, 2.24) is 19.1 Å². The van der Waals surface area contributed by atoms with E-state index in [1.165, 1.54) is 0 Å². The summed E-state index contributed by atoms with van der Waals surface area (Å²) >= 11 is 0. The summed E-state index contributed by atoms with van der Waals surface area (Å²) in [6.07, 6.45) is -7.41. The van der Waals surface area contributed by atoms with Crippen molar-refractivity contribution in [2.24, 2.45) is 0 Å². The first-order valence-electron chi connectivity index (χ1n) is 14.6. The Morgan fingerprint density at radius 1 is 0.761 bits per heavy atom. The summed E-state index contributed by atoms with van der Waals surface area (Å²) in [5, 5.41) is 9.73. The van der Waals surface area contributed by atoms with Crippen LogP contribution >= 0.6 is 0 Å². The van der Waals surface area contributed by atoms with Crippen molar-refractivity contribution in [2.45, 2.75) is 85.2 Å².